The van der Waals surface area contributed by atoms with Crippen molar-refractivity contribution in [3.8, 4) is 0 Å². The second-order valence-corrected chi connectivity index (χ2v) is 7.61. The molecular formula is C12H17ClN4O2S2. The largest absolute Gasteiger partial charge is 0.309 e. The highest BCUT2D eigenvalue weighted by Crippen LogP contribution is 2.25. The lowest BCUT2D eigenvalue weighted by molar-refractivity contribution is 0.263. The first-order valence-electron chi connectivity index (χ1n) is 6.46. The molecule has 0 bridgehead atoms. The van der Waals surface area contributed by atoms with E-state index >= 15 is 0 Å². The molecule has 116 valence electrons. The Morgan fingerprint density at radius 1 is 1.24 bits per heavy atom. The number of hydrogen-bond acceptors (Lipinski definition) is 6. The molecule has 2 atom stereocenters. The minimum atomic E-state index is -3.53. The average Bonchev–Trinajstić information content (AvgIpc) is 2.85. The molecule has 1 aromatic carbocycles. The van der Waals surface area contributed by atoms with E-state index in [4.69, 9.17) is 0 Å². The normalized spacial score (nSPS) is 23.9. The molecule has 2 aromatic rings. The quantitative estimate of drug-likeness (QED) is 0.889. The van der Waals surface area contributed by atoms with E-state index < -0.39 is 10.0 Å². The average molecular weight is 349 g/mol. The van der Waals surface area contributed by atoms with Gasteiger partial charge in [0.2, 0.25) is 10.0 Å². The molecule has 6 nitrogen and oxygen atoms in total. The summed E-state index contributed by atoms with van der Waals surface area (Å²) in [6.45, 7) is 4.92. The van der Waals surface area contributed by atoms with Crippen molar-refractivity contribution >= 4 is 45.2 Å². The van der Waals surface area contributed by atoms with Gasteiger partial charge in [0.1, 0.15) is 15.9 Å². The Morgan fingerprint density at radius 2 is 1.90 bits per heavy atom. The Bertz CT molecular complexity index is 724. The summed E-state index contributed by atoms with van der Waals surface area (Å²) in [7, 11) is -3.53. The molecule has 0 amide bonds. The maximum atomic E-state index is 12.8. The summed E-state index contributed by atoms with van der Waals surface area (Å²) in [5.74, 6) is 0. The number of nitrogens with one attached hydrogen (secondary N) is 1. The van der Waals surface area contributed by atoms with Crippen LogP contribution in [0.15, 0.2) is 23.1 Å². The monoisotopic (exact) mass is 348 g/mol. The van der Waals surface area contributed by atoms with Crippen LogP contribution in [0.25, 0.3) is 11.0 Å². The highest BCUT2D eigenvalue weighted by Gasteiger charge is 2.32. The number of hydrogen-bond donors (Lipinski definition) is 1. The summed E-state index contributed by atoms with van der Waals surface area (Å²) >= 11 is 1.04. The first-order chi connectivity index (χ1) is 9.48. The van der Waals surface area contributed by atoms with Crippen LogP contribution in [0.5, 0.6) is 0 Å². The van der Waals surface area contributed by atoms with E-state index in [1.807, 2.05) is 13.8 Å². The van der Waals surface area contributed by atoms with Gasteiger partial charge in [0.25, 0.3) is 0 Å². The lowest BCUT2D eigenvalue weighted by atomic mass is 10.2. The van der Waals surface area contributed by atoms with Crippen molar-refractivity contribution < 1.29 is 8.42 Å². The molecule has 0 aliphatic carbocycles. The Morgan fingerprint density at radius 3 is 2.57 bits per heavy atom. The van der Waals surface area contributed by atoms with E-state index in [0.29, 0.717) is 24.1 Å². The van der Waals surface area contributed by atoms with Crippen molar-refractivity contribution in [1.29, 1.82) is 0 Å². The molecule has 2 heterocycles. The molecule has 1 N–H and O–H groups in total. The van der Waals surface area contributed by atoms with Crippen molar-refractivity contribution in [3.05, 3.63) is 18.2 Å². The van der Waals surface area contributed by atoms with E-state index in [1.54, 1.807) is 18.2 Å². The van der Waals surface area contributed by atoms with E-state index in [-0.39, 0.29) is 29.4 Å². The van der Waals surface area contributed by atoms with Crippen molar-refractivity contribution in [2.45, 2.75) is 30.8 Å². The molecule has 0 spiro atoms. The smallest absolute Gasteiger partial charge is 0.245 e. The summed E-state index contributed by atoms with van der Waals surface area (Å²) in [6.07, 6.45) is 0. The van der Waals surface area contributed by atoms with E-state index in [2.05, 4.69) is 14.1 Å². The first-order valence-corrected chi connectivity index (χ1v) is 8.63. The predicted molar refractivity (Wildman–Crippen MR) is 85.5 cm³/mol. The zero-order valence-electron chi connectivity index (χ0n) is 11.7. The second-order valence-electron chi connectivity index (χ2n) is 5.18. The molecule has 1 aliphatic heterocycles. The molecule has 9 heteroatoms. The van der Waals surface area contributed by atoms with Crippen LogP contribution in [0.1, 0.15) is 13.8 Å². The molecule has 0 radical (unpaired) electrons. The summed E-state index contributed by atoms with van der Waals surface area (Å²) in [5, 5.41) is 3.33. The fourth-order valence-corrected chi connectivity index (χ4v) is 4.97. The van der Waals surface area contributed by atoms with Gasteiger partial charge in [-0.05, 0) is 26.0 Å². The first kappa shape index (κ1) is 16.6. The standard InChI is InChI=1S/C12H16N4O2S2.ClH/c1-8-6-16(7-9(2)13-8)20(17,18)11-5-3-4-10-12(11)15-19-14-10;/h3-5,8-9,13H,6-7H2,1-2H3;1H. The number of benzene rings is 1. The zero-order valence-corrected chi connectivity index (χ0v) is 14.1. The molecule has 2 unspecified atom stereocenters. The molecule has 1 aliphatic rings. The number of halogens is 1. The van der Waals surface area contributed by atoms with Gasteiger partial charge >= 0.3 is 0 Å². The van der Waals surface area contributed by atoms with Gasteiger partial charge in [-0.3, -0.25) is 0 Å². The van der Waals surface area contributed by atoms with Crippen LogP contribution in [0.2, 0.25) is 0 Å². The summed E-state index contributed by atoms with van der Waals surface area (Å²) in [4.78, 5) is 0.255. The third-order valence-electron chi connectivity index (χ3n) is 3.39. The number of nitrogens with zero attached hydrogens (tertiary/aromatic N) is 3. The Hall–Kier alpha value is -0.800. The molecule has 21 heavy (non-hydrogen) atoms. The molecule has 0 saturated carbocycles. The second kappa shape index (κ2) is 6.13. The number of piperazine rings is 1. The predicted octanol–water partition coefficient (Wildman–Crippen LogP) is 1.48. The molecule has 1 fully saturated rings. The Labute approximate surface area is 134 Å². The van der Waals surface area contributed by atoms with Crippen LogP contribution >= 0.6 is 24.1 Å². The number of aromatic nitrogens is 2. The zero-order chi connectivity index (χ0) is 14.3. The van der Waals surface area contributed by atoms with E-state index in [0.717, 1.165) is 11.7 Å². The van der Waals surface area contributed by atoms with Crippen LogP contribution < -0.4 is 5.32 Å². The van der Waals surface area contributed by atoms with Gasteiger partial charge in [-0.25, -0.2) is 8.42 Å². The number of fused-ring (bicyclic) bond motifs is 1. The minimum Gasteiger partial charge on any atom is -0.309 e. The SMILES string of the molecule is CC1CN(S(=O)(=O)c2cccc3nsnc23)CC(C)N1.Cl. The Kier molecular flexibility index (Phi) is 4.84. The van der Waals surface area contributed by atoms with Gasteiger partial charge in [0.15, 0.2) is 0 Å². The minimum absolute atomic E-state index is 0. The highest BCUT2D eigenvalue weighted by molar-refractivity contribution is 7.89. The van der Waals surface area contributed by atoms with Crippen LogP contribution in [0, 0.1) is 0 Å². The number of rotatable bonds is 2. The fourth-order valence-electron chi connectivity index (χ4n) is 2.60. The van der Waals surface area contributed by atoms with Crippen molar-refractivity contribution in [2.24, 2.45) is 0 Å². The molecular weight excluding hydrogens is 332 g/mol. The summed E-state index contributed by atoms with van der Waals surface area (Å²) < 4.78 is 35.4. The fraction of sp³-hybridized carbons (Fsp3) is 0.500. The lowest BCUT2D eigenvalue weighted by Crippen LogP contribution is -2.55. The Balaban J connectivity index is 0.00000161. The summed E-state index contributed by atoms with van der Waals surface area (Å²) in [6, 6.07) is 5.38. The van der Waals surface area contributed by atoms with Crippen molar-refractivity contribution in [3.63, 3.8) is 0 Å². The van der Waals surface area contributed by atoms with Crippen LogP contribution in [-0.2, 0) is 10.0 Å². The highest BCUT2D eigenvalue weighted by atomic mass is 35.5. The van der Waals surface area contributed by atoms with Gasteiger partial charge in [-0.2, -0.15) is 13.1 Å². The molecule has 1 aromatic heterocycles. The van der Waals surface area contributed by atoms with Gasteiger partial charge in [-0.1, -0.05) is 6.07 Å². The van der Waals surface area contributed by atoms with Gasteiger partial charge in [0.05, 0.1) is 11.7 Å². The van der Waals surface area contributed by atoms with Crippen molar-refractivity contribution in [1.82, 2.24) is 18.4 Å². The number of sulfonamides is 1. The molecule has 3 rings (SSSR count). The molecule has 1 saturated heterocycles. The van der Waals surface area contributed by atoms with Crippen LogP contribution in [0.3, 0.4) is 0 Å². The maximum Gasteiger partial charge on any atom is 0.245 e. The van der Waals surface area contributed by atoms with Crippen LogP contribution in [-0.4, -0.2) is 46.6 Å². The van der Waals surface area contributed by atoms with Gasteiger partial charge < -0.3 is 5.32 Å². The third kappa shape index (κ3) is 3.04. The summed E-state index contributed by atoms with van der Waals surface area (Å²) in [5.41, 5.74) is 1.10. The lowest BCUT2D eigenvalue weighted by Gasteiger charge is -2.35. The van der Waals surface area contributed by atoms with Gasteiger partial charge in [-0.15, -0.1) is 12.4 Å². The maximum absolute atomic E-state index is 12.8. The van der Waals surface area contributed by atoms with Gasteiger partial charge in [0, 0.05) is 25.2 Å². The van der Waals surface area contributed by atoms with Crippen LogP contribution in [0.4, 0.5) is 0 Å². The van der Waals surface area contributed by atoms with E-state index in [9.17, 15) is 8.42 Å². The topological polar surface area (TPSA) is 75.2 Å². The third-order valence-corrected chi connectivity index (χ3v) is 5.80. The van der Waals surface area contributed by atoms with E-state index in [1.165, 1.54) is 4.31 Å². The van der Waals surface area contributed by atoms with Crippen molar-refractivity contribution in [2.75, 3.05) is 13.1 Å².